The van der Waals surface area contributed by atoms with Gasteiger partial charge in [-0.25, -0.2) is 0 Å². The molecule has 0 aliphatic carbocycles. The second-order valence-electron chi connectivity index (χ2n) is 5.01. The van der Waals surface area contributed by atoms with Gasteiger partial charge in [0.05, 0.1) is 0 Å². The van der Waals surface area contributed by atoms with E-state index in [0.29, 0.717) is 18.8 Å². The molecule has 1 rings (SSSR count). The fourth-order valence-electron chi connectivity index (χ4n) is 1.96. The maximum atomic E-state index is 12.5. The van der Waals surface area contributed by atoms with Crippen LogP contribution in [-0.4, -0.2) is 65.1 Å². The van der Waals surface area contributed by atoms with E-state index < -0.39 is 5.97 Å². The topological polar surface area (TPSA) is 65.8 Å². The summed E-state index contributed by atoms with van der Waals surface area (Å²) in [6, 6.07) is 3.37. The summed E-state index contributed by atoms with van der Waals surface area (Å²) in [6.45, 7) is 3.92. The molecule has 0 radical (unpaired) electrons. The van der Waals surface area contributed by atoms with Crippen LogP contribution in [0.3, 0.4) is 0 Å². The van der Waals surface area contributed by atoms with Gasteiger partial charge in [0.2, 0.25) is 0 Å². The highest BCUT2D eigenvalue weighted by Gasteiger charge is 2.19. The first-order valence-electron chi connectivity index (χ1n) is 6.76. The average Bonchev–Trinajstić information content (AvgIpc) is 2.80. The Morgan fingerprint density at radius 3 is 2.50 bits per heavy atom. The maximum absolute atomic E-state index is 12.5. The van der Waals surface area contributed by atoms with Crippen molar-refractivity contribution in [1.29, 1.82) is 0 Å². The molecule has 112 valence electrons. The Bertz CT molecular complexity index is 454. The van der Waals surface area contributed by atoms with Gasteiger partial charge in [-0.1, -0.05) is 6.92 Å². The largest absolute Gasteiger partial charge is 0.480 e. The molecule has 0 atom stereocenters. The lowest BCUT2D eigenvalue weighted by molar-refractivity contribution is -0.137. The summed E-state index contributed by atoms with van der Waals surface area (Å²) >= 11 is 0. The number of rotatable bonds is 8. The van der Waals surface area contributed by atoms with E-state index in [1.807, 2.05) is 25.9 Å². The predicted molar refractivity (Wildman–Crippen MR) is 76.8 cm³/mol. The van der Waals surface area contributed by atoms with Gasteiger partial charge < -0.3 is 19.5 Å². The Kier molecular flexibility index (Phi) is 6.24. The highest BCUT2D eigenvalue weighted by atomic mass is 16.4. The molecule has 1 heterocycles. The third-order valence-electron chi connectivity index (χ3n) is 2.95. The van der Waals surface area contributed by atoms with E-state index in [1.54, 1.807) is 23.2 Å². The molecule has 0 aliphatic heterocycles. The standard InChI is InChI=1S/C14H23N3O3/c1-4-7-16(10-9-15(2)3)14(20)12-6-5-8-17(12)11-13(18)19/h5-6,8H,4,7,9-11H2,1-3H3,(H,18,19). The van der Waals surface area contributed by atoms with E-state index in [2.05, 4.69) is 0 Å². The first kappa shape index (κ1) is 16.2. The van der Waals surface area contributed by atoms with Crippen molar-refractivity contribution in [2.24, 2.45) is 0 Å². The number of likely N-dealkylation sites (N-methyl/N-ethyl adjacent to an activating group) is 1. The van der Waals surface area contributed by atoms with Crippen LogP contribution in [0, 0.1) is 0 Å². The van der Waals surface area contributed by atoms with Crippen molar-refractivity contribution < 1.29 is 14.7 Å². The van der Waals surface area contributed by atoms with Crippen LogP contribution in [-0.2, 0) is 11.3 Å². The number of hydrogen-bond donors (Lipinski definition) is 1. The van der Waals surface area contributed by atoms with Gasteiger partial charge in [0.25, 0.3) is 5.91 Å². The lowest BCUT2D eigenvalue weighted by atomic mass is 10.3. The average molecular weight is 281 g/mol. The van der Waals surface area contributed by atoms with Gasteiger partial charge in [-0.2, -0.15) is 0 Å². The normalized spacial score (nSPS) is 10.8. The second-order valence-corrected chi connectivity index (χ2v) is 5.01. The molecule has 0 unspecified atom stereocenters. The summed E-state index contributed by atoms with van der Waals surface area (Å²) in [5.74, 6) is -1.06. The lowest BCUT2D eigenvalue weighted by Crippen LogP contribution is -2.38. The third-order valence-corrected chi connectivity index (χ3v) is 2.95. The van der Waals surface area contributed by atoms with Crippen LogP contribution < -0.4 is 0 Å². The molecule has 1 amide bonds. The summed E-state index contributed by atoms with van der Waals surface area (Å²) in [5, 5.41) is 8.86. The summed E-state index contributed by atoms with van der Waals surface area (Å²) in [4.78, 5) is 27.1. The number of amides is 1. The molecule has 6 nitrogen and oxygen atoms in total. The van der Waals surface area contributed by atoms with Crippen LogP contribution in [0.4, 0.5) is 0 Å². The minimum Gasteiger partial charge on any atom is -0.480 e. The first-order chi connectivity index (χ1) is 9.45. The minimum absolute atomic E-state index is 0.111. The molecular formula is C14H23N3O3. The van der Waals surface area contributed by atoms with Crippen LogP contribution in [0.5, 0.6) is 0 Å². The van der Waals surface area contributed by atoms with E-state index in [0.717, 1.165) is 13.0 Å². The lowest BCUT2D eigenvalue weighted by Gasteiger charge is -2.24. The molecule has 0 aliphatic rings. The van der Waals surface area contributed by atoms with Gasteiger partial charge in [0.15, 0.2) is 0 Å². The Morgan fingerprint density at radius 2 is 1.95 bits per heavy atom. The molecule has 0 fully saturated rings. The summed E-state index contributed by atoms with van der Waals surface area (Å²) in [5.41, 5.74) is 0.430. The van der Waals surface area contributed by atoms with Gasteiger partial charge >= 0.3 is 5.97 Å². The highest BCUT2D eigenvalue weighted by molar-refractivity contribution is 5.93. The van der Waals surface area contributed by atoms with Gasteiger partial charge in [-0.15, -0.1) is 0 Å². The van der Waals surface area contributed by atoms with Crippen LogP contribution in [0.25, 0.3) is 0 Å². The van der Waals surface area contributed by atoms with Gasteiger partial charge in [0.1, 0.15) is 12.2 Å². The molecule has 0 saturated heterocycles. The zero-order chi connectivity index (χ0) is 15.1. The van der Waals surface area contributed by atoms with Crippen molar-refractivity contribution >= 4 is 11.9 Å². The Labute approximate surface area is 119 Å². The number of carboxylic acids is 1. The van der Waals surface area contributed by atoms with Crippen LogP contribution in [0.15, 0.2) is 18.3 Å². The molecule has 0 saturated carbocycles. The van der Waals surface area contributed by atoms with Crippen molar-refractivity contribution in [3.05, 3.63) is 24.0 Å². The van der Waals surface area contributed by atoms with Crippen molar-refractivity contribution in [2.75, 3.05) is 33.7 Å². The number of carboxylic acid groups (broad SMARTS) is 1. The van der Waals surface area contributed by atoms with Crippen LogP contribution in [0.2, 0.25) is 0 Å². The molecule has 0 spiro atoms. The third kappa shape index (κ3) is 4.70. The van der Waals surface area contributed by atoms with Gasteiger partial charge in [-0.05, 0) is 32.6 Å². The van der Waals surface area contributed by atoms with E-state index in [4.69, 9.17) is 5.11 Å². The fourth-order valence-corrected chi connectivity index (χ4v) is 1.96. The minimum atomic E-state index is -0.953. The van der Waals surface area contributed by atoms with Crippen molar-refractivity contribution in [3.63, 3.8) is 0 Å². The summed E-state index contributed by atoms with van der Waals surface area (Å²) in [6.07, 6.45) is 2.50. The van der Waals surface area contributed by atoms with E-state index in [1.165, 1.54) is 4.57 Å². The Morgan fingerprint density at radius 1 is 1.25 bits per heavy atom. The molecule has 20 heavy (non-hydrogen) atoms. The number of carbonyl (C=O) groups is 2. The maximum Gasteiger partial charge on any atom is 0.323 e. The van der Waals surface area contributed by atoms with Crippen molar-refractivity contribution in [2.45, 2.75) is 19.9 Å². The number of hydrogen-bond acceptors (Lipinski definition) is 3. The van der Waals surface area contributed by atoms with E-state index in [9.17, 15) is 9.59 Å². The van der Waals surface area contributed by atoms with E-state index in [-0.39, 0.29) is 12.5 Å². The number of nitrogens with zero attached hydrogens (tertiary/aromatic N) is 3. The molecule has 6 heteroatoms. The summed E-state index contributed by atoms with van der Waals surface area (Å²) < 4.78 is 1.48. The number of aromatic nitrogens is 1. The number of carbonyl (C=O) groups excluding carboxylic acids is 1. The second kappa shape index (κ2) is 7.69. The van der Waals surface area contributed by atoms with Gasteiger partial charge in [0, 0.05) is 25.8 Å². The van der Waals surface area contributed by atoms with Crippen molar-refractivity contribution in [3.8, 4) is 0 Å². The molecule has 1 aromatic rings. The molecule has 1 N–H and O–H groups in total. The van der Waals surface area contributed by atoms with Crippen LogP contribution in [0.1, 0.15) is 23.8 Å². The Hall–Kier alpha value is -1.82. The monoisotopic (exact) mass is 281 g/mol. The Balaban J connectivity index is 2.83. The molecule has 1 aromatic heterocycles. The smallest absolute Gasteiger partial charge is 0.323 e. The molecule has 0 aromatic carbocycles. The van der Waals surface area contributed by atoms with E-state index >= 15 is 0 Å². The summed E-state index contributed by atoms with van der Waals surface area (Å²) in [7, 11) is 3.92. The quantitative estimate of drug-likeness (QED) is 0.771. The molecule has 0 bridgehead atoms. The number of aliphatic carboxylic acids is 1. The zero-order valence-corrected chi connectivity index (χ0v) is 12.4. The SMILES string of the molecule is CCCN(CCN(C)C)C(=O)c1cccn1CC(=O)O. The van der Waals surface area contributed by atoms with Crippen LogP contribution >= 0.6 is 0 Å². The first-order valence-corrected chi connectivity index (χ1v) is 6.76. The van der Waals surface area contributed by atoms with Crippen molar-refractivity contribution in [1.82, 2.24) is 14.4 Å². The predicted octanol–water partition coefficient (Wildman–Crippen LogP) is 0.986. The van der Waals surface area contributed by atoms with Gasteiger partial charge in [-0.3, -0.25) is 9.59 Å². The molecular weight excluding hydrogens is 258 g/mol. The highest BCUT2D eigenvalue weighted by Crippen LogP contribution is 2.08. The zero-order valence-electron chi connectivity index (χ0n) is 12.4. The fraction of sp³-hybridized carbons (Fsp3) is 0.571.